The maximum absolute atomic E-state index is 13.6. The van der Waals surface area contributed by atoms with Crippen LogP contribution in [0, 0.1) is 0 Å². The molecule has 2 N–H and O–H groups in total. The number of unbranched alkanes of at least 4 members (excludes halogenated alkanes) is 1. The smallest absolute Gasteiger partial charge is 0.421 e. The lowest BCUT2D eigenvalue weighted by molar-refractivity contribution is -0.137. The summed E-state index contributed by atoms with van der Waals surface area (Å²) in [5.41, 5.74) is 0.109. The Morgan fingerprint density at radius 3 is 2.12 bits per heavy atom. The van der Waals surface area contributed by atoms with E-state index in [1.54, 1.807) is 48.5 Å². The Labute approximate surface area is 197 Å². The number of ether oxygens (including phenoxy) is 2. The highest BCUT2D eigenvalue weighted by Crippen LogP contribution is 2.35. The second-order valence-electron chi connectivity index (χ2n) is 7.79. The molecule has 0 radical (unpaired) electrons. The van der Waals surface area contributed by atoms with Crippen molar-refractivity contribution in [3.8, 4) is 11.5 Å². The predicted molar refractivity (Wildman–Crippen MR) is 127 cm³/mol. The molecule has 0 bridgehead atoms. The molecule has 1 unspecified atom stereocenters. The van der Waals surface area contributed by atoms with Gasteiger partial charge in [-0.1, -0.05) is 20.3 Å². The number of hydrogen-bond acceptors (Lipinski definition) is 6. The number of nitrogens with one attached hydrogen (secondary N) is 2. The lowest BCUT2D eigenvalue weighted by atomic mass is 10.2. The van der Waals surface area contributed by atoms with E-state index in [0.29, 0.717) is 23.7 Å². The van der Waals surface area contributed by atoms with Gasteiger partial charge in [-0.2, -0.15) is 18.2 Å². The first-order chi connectivity index (χ1) is 16.3. The highest BCUT2D eigenvalue weighted by Gasteiger charge is 2.35. The van der Waals surface area contributed by atoms with Crippen LogP contribution in [0.4, 0.5) is 36.3 Å². The van der Waals surface area contributed by atoms with Crippen LogP contribution in [0.5, 0.6) is 11.5 Å². The van der Waals surface area contributed by atoms with Gasteiger partial charge in [0, 0.05) is 17.6 Å². The van der Waals surface area contributed by atoms with Gasteiger partial charge in [0.25, 0.3) is 0 Å². The van der Waals surface area contributed by atoms with Crippen LogP contribution in [0.25, 0.3) is 0 Å². The summed E-state index contributed by atoms with van der Waals surface area (Å²) in [6.07, 6.45) is -0.957. The first-order valence-corrected chi connectivity index (χ1v) is 11.3. The van der Waals surface area contributed by atoms with Gasteiger partial charge < -0.3 is 20.1 Å². The first-order valence-electron chi connectivity index (χ1n) is 11.3. The summed E-state index contributed by atoms with van der Waals surface area (Å²) in [5, 5.41) is 5.69. The molecule has 1 aromatic heterocycles. The summed E-state index contributed by atoms with van der Waals surface area (Å²) in [6, 6.07) is 13.8. The Morgan fingerprint density at radius 2 is 1.53 bits per heavy atom. The van der Waals surface area contributed by atoms with Crippen LogP contribution >= 0.6 is 0 Å². The van der Waals surface area contributed by atoms with Gasteiger partial charge in [-0.3, -0.25) is 0 Å². The largest absolute Gasteiger partial charge is 0.494 e. The van der Waals surface area contributed by atoms with Gasteiger partial charge >= 0.3 is 6.18 Å². The van der Waals surface area contributed by atoms with Crippen LogP contribution in [0.1, 0.15) is 45.6 Å². The zero-order valence-electron chi connectivity index (χ0n) is 19.4. The molecule has 34 heavy (non-hydrogen) atoms. The maximum atomic E-state index is 13.6. The van der Waals surface area contributed by atoms with Crippen molar-refractivity contribution in [3.63, 3.8) is 0 Å². The predicted octanol–water partition coefficient (Wildman–Crippen LogP) is 7.34. The van der Waals surface area contributed by atoms with Crippen LogP contribution in [0.3, 0.4) is 0 Å². The lowest BCUT2D eigenvalue weighted by Gasteiger charge is -2.16. The highest BCUT2D eigenvalue weighted by molar-refractivity contribution is 5.63. The normalized spacial score (nSPS) is 12.2. The van der Waals surface area contributed by atoms with Crippen LogP contribution in [0.15, 0.2) is 54.7 Å². The lowest BCUT2D eigenvalue weighted by Crippen LogP contribution is -2.13. The quantitative estimate of drug-likeness (QED) is 0.283. The van der Waals surface area contributed by atoms with E-state index in [9.17, 15) is 13.2 Å². The van der Waals surface area contributed by atoms with Gasteiger partial charge in [0.05, 0.1) is 12.7 Å². The SMILES string of the molecule is CCCCOc1ccc(Nc2ncc(C(F)(F)F)c(Nc3ccc(OC(C)CC)cc3)n2)cc1. The Kier molecular flexibility index (Phi) is 8.56. The van der Waals surface area contributed by atoms with Crippen LogP contribution < -0.4 is 20.1 Å². The standard InChI is InChI=1S/C25H29F3N4O2/c1-4-6-15-33-20-11-7-19(8-12-20)31-24-29-16-22(25(26,27)28)23(32-24)30-18-9-13-21(14-10-18)34-17(3)5-2/h7-14,16-17H,4-6,15H2,1-3H3,(H2,29,30,31,32). The molecular weight excluding hydrogens is 445 g/mol. The Bertz CT molecular complexity index is 1040. The van der Waals surface area contributed by atoms with E-state index in [-0.39, 0.29) is 17.9 Å². The van der Waals surface area contributed by atoms with Crippen molar-refractivity contribution >= 4 is 23.1 Å². The molecule has 0 spiro atoms. The number of aromatic nitrogens is 2. The molecular formula is C25H29F3N4O2. The number of nitrogens with zero attached hydrogens (tertiary/aromatic N) is 2. The van der Waals surface area contributed by atoms with E-state index in [4.69, 9.17) is 9.47 Å². The van der Waals surface area contributed by atoms with Crippen molar-refractivity contribution in [3.05, 3.63) is 60.3 Å². The molecule has 1 heterocycles. The van der Waals surface area contributed by atoms with Gasteiger partial charge in [0.1, 0.15) is 22.9 Å². The molecule has 182 valence electrons. The summed E-state index contributed by atoms with van der Waals surface area (Å²) in [5.74, 6) is 1.05. The Hall–Kier alpha value is -3.49. The molecule has 0 saturated heterocycles. The van der Waals surface area contributed by atoms with Crippen LogP contribution in [0.2, 0.25) is 0 Å². The van der Waals surface area contributed by atoms with E-state index in [0.717, 1.165) is 31.2 Å². The minimum atomic E-state index is -4.61. The van der Waals surface area contributed by atoms with Crippen LogP contribution in [-0.2, 0) is 6.18 Å². The maximum Gasteiger partial charge on any atom is 0.421 e. The first kappa shape index (κ1) is 25.1. The van der Waals surface area contributed by atoms with Crippen molar-refractivity contribution in [1.29, 1.82) is 0 Å². The molecule has 0 fully saturated rings. The molecule has 0 aliphatic heterocycles. The molecule has 6 nitrogen and oxygen atoms in total. The third-order valence-corrected chi connectivity index (χ3v) is 5.00. The zero-order chi connectivity index (χ0) is 24.6. The molecule has 2 aromatic carbocycles. The zero-order valence-corrected chi connectivity index (χ0v) is 19.4. The molecule has 0 aliphatic rings. The van der Waals surface area contributed by atoms with Crippen molar-refractivity contribution < 1.29 is 22.6 Å². The minimum Gasteiger partial charge on any atom is -0.494 e. The van der Waals surface area contributed by atoms with Crippen LogP contribution in [-0.4, -0.2) is 22.7 Å². The topological polar surface area (TPSA) is 68.3 Å². The summed E-state index contributed by atoms with van der Waals surface area (Å²) in [6.45, 7) is 6.67. The minimum absolute atomic E-state index is 0.0341. The van der Waals surface area contributed by atoms with Gasteiger partial charge in [0.15, 0.2) is 0 Å². The fourth-order valence-electron chi connectivity index (χ4n) is 2.91. The summed E-state index contributed by atoms with van der Waals surface area (Å²) >= 11 is 0. The number of hydrogen-bond donors (Lipinski definition) is 2. The van der Waals surface area contributed by atoms with E-state index < -0.39 is 11.7 Å². The van der Waals surface area contributed by atoms with Crippen molar-refractivity contribution in [2.45, 2.75) is 52.3 Å². The van der Waals surface area contributed by atoms with Gasteiger partial charge in [-0.05, 0) is 68.3 Å². The number of anilines is 4. The van der Waals surface area contributed by atoms with Crippen molar-refractivity contribution in [1.82, 2.24) is 9.97 Å². The molecule has 0 saturated carbocycles. The fourth-order valence-corrected chi connectivity index (χ4v) is 2.91. The second-order valence-corrected chi connectivity index (χ2v) is 7.79. The molecule has 9 heteroatoms. The summed E-state index contributed by atoms with van der Waals surface area (Å²) < 4.78 is 52.0. The molecule has 0 amide bonds. The number of rotatable bonds is 11. The fraction of sp³-hybridized carbons (Fsp3) is 0.360. The average molecular weight is 475 g/mol. The number of halogens is 3. The van der Waals surface area contributed by atoms with Gasteiger partial charge in [-0.15, -0.1) is 0 Å². The van der Waals surface area contributed by atoms with Gasteiger partial charge in [-0.25, -0.2) is 4.98 Å². The van der Waals surface area contributed by atoms with E-state index in [1.807, 2.05) is 13.8 Å². The summed E-state index contributed by atoms with van der Waals surface area (Å²) in [7, 11) is 0. The third-order valence-electron chi connectivity index (χ3n) is 5.00. The monoisotopic (exact) mass is 474 g/mol. The van der Waals surface area contributed by atoms with Crippen molar-refractivity contribution in [2.75, 3.05) is 17.2 Å². The van der Waals surface area contributed by atoms with Gasteiger partial charge in [0.2, 0.25) is 5.95 Å². The molecule has 3 rings (SSSR count). The summed E-state index contributed by atoms with van der Waals surface area (Å²) in [4.78, 5) is 7.93. The number of alkyl halides is 3. The van der Waals surface area contributed by atoms with E-state index >= 15 is 0 Å². The Morgan fingerprint density at radius 1 is 0.912 bits per heavy atom. The number of benzene rings is 2. The highest BCUT2D eigenvalue weighted by atomic mass is 19.4. The molecule has 0 aliphatic carbocycles. The average Bonchev–Trinajstić information content (AvgIpc) is 2.81. The molecule has 3 aromatic rings. The Balaban J connectivity index is 1.76. The third kappa shape index (κ3) is 7.26. The molecule has 1 atom stereocenters. The van der Waals surface area contributed by atoms with E-state index in [1.165, 1.54) is 0 Å². The van der Waals surface area contributed by atoms with Crippen molar-refractivity contribution in [2.24, 2.45) is 0 Å². The second kappa shape index (κ2) is 11.6. The van der Waals surface area contributed by atoms with E-state index in [2.05, 4.69) is 27.5 Å².